The fourth-order valence-corrected chi connectivity index (χ4v) is 9.12. The van der Waals surface area contributed by atoms with Crippen molar-refractivity contribution < 1.29 is 19.4 Å². The van der Waals surface area contributed by atoms with E-state index in [0.717, 1.165) is 101 Å². The van der Waals surface area contributed by atoms with Crippen LogP contribution in [0.4, 0.5) is 34.1 Å². The molecule has 9 aromatic carbocycles. The molecule has 0 aliphatic rings. The van der Waals surface area contributed by atoms with Crippen LogP contribution >= 0.6 is 0 Å². The average Bonchev–Trinajstić information content (AvgIpc) is 3.45. The highest BCUT2D eigenvalue weighted by atomic mass is 16.5. The fraction of sp³-hybridized carbons (Fsp3) is 0.108. The van der Waals surface area contributed by atoms with E-state index >= 15 is 0 Å². The SMILES string of the molecule is CC(=O)CCc1ccc(N(c2ccc(-c3ccccc3)cc2)c2ccc(-c3nc4ccccc4nc3-c3ccc(N(c4ccc(CCC(=O)OCCO)cc4)c4ccc(-c5ccccc5)cc4)cc3)cc2)cc1. The van der Waals surface area contributed by atoms with E-state index in [4.69, 9.17) is 19.8 Å². The molecule has 1 heterocycles. The van der Waals surface area contributed by atoms with Crippen molar-refractivity contribution in [1.82, 2.24) is 9.97 Å². The fourth-order valence-electron chi connectivity index (χ4n) is 9.12. The zero-order valence-electron chi connectivity index (χ0n) is 40.6. The van der Waals surface area contributed by atoms with Crippen LogP contribution in [-0.4, -0.2) is 40.0 Å². The second kappa shape index (κ2) is 22.4. The zero-order valence-corrected chi connectivity index (χ0v) is 40.6. The number of aliphatic hydroxyl groups is 1. The van der Waals surface area contributed by atoms with Gasteiger partial charge in [-0.25, -0.2) is 9.97 Å². The third-order valence-electron chi connectivity index (χ3n) is 13.0. The molecule has 0 fully saturated rings. The lowest BCUT2D eigenvalue weighted by molar-refractivity contribution is -0.144. The molecule has 1 aromatic heterocycles. The van der Waals surface area contributed by atoms with Crippen molar-refractivity contribution >= 4 is 56.9 Å². The number of aliphatic hydroxyl groups excluding tert-OH is 1. The molecule has 0 unspecified atom stereocenters. The minimum atomic E-state index is -0.330. The number of hydrogen-bond donors (Lipinski definition) is 1. The molecular weight excluding hydrogens is 901 g/mol. The number of nitrogens with zero attached hydrogens (tertiary/aromatic N) is 4. The Bertz CT molecular complexity index is 3440. The van der Waals surface area contributed by atoms with Crippen LogP contribution in [0.2, 0.25) is 0 Å². The minimum absolute atomic E-state index is 0.00379. The molecule has 0 aliphatic heterocycles. The molecule has 0 bridgehead atoms. The smallest absolute Gasteiger partial charge is 0.306 e. The van der Waals surface area contributed by atoms with Gasteiger partial charge in [-0.2, -0.15) is 0 Å². The summed E-state index contributed by atoms with van der Waals surface area (Å²) in [5, 5.41) is 9.06. The Kier molecular flexibility index (Phi) is 14.6. The number of ketones is 1. The average molecular weight is 955 g/mol. The number of rotatable bonds is 18. The van der Waals surface area contributed by atoms with Gasteiger partial charge >= 0.3 is 5.97 Å². The van der Waals surface area contributed by atoms with Gasteiger partial charge in [0.05, 0.1) is 29.0 Å². The lowest BCUT2D eigenvalue weighted by Gasteiger charge is -2.26. The number of carbonyl (C=O) groups is 2. The van der Waals surface area contributed by atoms with Crippen LogP contribution in [0.1, 0.15) is 30.9 Å². The maximum absolute atomic E-state index is 12.2. The van der Waals surface area contributed by atoms with Gasteiger partial charge in [0, 0.05) is 58.1 Å². The molecule has 73 heavy (non-hydrogen) atoms. The summed E-state index contributed by atoms with van der Waals surface area (Å²) in [6.45, 7) is 1.45. The molecule has 10 rings (SSSR count). The summed E-state index contributed by atoms with van der Waals surface area (Å²) in [4.78, 5) is 39.0. The number of carbonyl (C=O) groups excluding carboxylic acids is 2. The standard InChI is InChI=1S/C65H54N4O4/c1-46(71)16-17-47-18-31-55(32-19-47)68(57-35-23-51(24-36-57)49-10-4-2-5-11-49)59-39-27-53(28-40-59)64-65(67-62-15-9-8-14-61(62)66-64)54-29-41-60(42-30-54)69(58-37-25-52(26-38-58)50-12-6-3-7-13-50)56-33-20-48(21-34-56)22-43-63(72)73-45-44-70/h2-15,18-21,23-42,70H,16-17,22,43-45H2,1H3. The summed E-state index contributed by atoms with van der Waals surface area (Å²) in [6.07, 6.45) is 1.99. The van der Waals surface area contributed by atoms with E-state index in [0.29, 0.717) is 19.3 Å². The highest BCUT2D eigenvalue weighted by Crippen LogP contribution is 2.41. The Morgan fingerprint density at radius 1 is 0.397 bits per heavy atom. The van der Waals surface area contributed by atoms with Crippen LogP contribution in [0.15, 0.2) is 231 Å². The van der Waals surface area contributed by atoms with Gasteiger partial charge in [-0.05, 0) is 138 Å². The van der Waals surface area contributed by atoms with Crippen LogP contribution in [0.5, 0.6) is 0 Å². The Labute approximate surface area is 426 Å². The minimum Gasteiger partial charge on any atom is -0.463 e. The topological polar surface area (TPSA) is 95.9 Å². The van der Waals surface area contributed by atoms with Crippen molar-refractivity contribution in [3.05, 3.63) is 242 Å². The summed E-state index contributed by atoms with van der Waals surface area (Å²) in [7, 11) is 0. The van der Waals surface area contributed by atoms with E-state index in [1.165, 1.54) is 0 Å². The third-order valence-corrected chi connectivity index (χ3v) is 13.0. The Hall–Kier alpha value is -8.98. The number of aromatic nitrogens is 2. The van der Waals surface area contributed by atoms with E-state index in [1.807, 2.05) is 60.7 Å². The maximum Gasteiger partial charge on any atom is 0.306 e. The van der Waals surface area contributed by atoms with Crippen molar-refractivity contribution in [3.8, 4) is 44.8 Å². The van der Waals surface area contributed by atoms with Crippen molar-refractivity contribution in [1.29, 1.82) is 0 Å². The number of para-hydroxylation sites is 2. The van der Waals surface area contributed by atoms with Gasteiger partial charge in [0.1, 0.15) is 12.4 Å². The van der Waals surface area contributed by atoms with Gasteiger partial charge in [0.2, 0.25) is 0 Å². The molecule has 1 N–H and O–H groups in total. The molecule has 8 nitrogen and oxygen atoms in total. The molecule has 0 amide bonds. The third kappa shape index (κ3) is 11.3. The van der Waals surface area contributed by atoms with Gasteiger partial charge in [0.15, 0.2) is 0 Å². The van der Waals surface area contributed by atoms with Crippen molar-refractivity contribution in [2.24, 2.45) is 0 Å². The highest BCUT2D eigenvalue weighted by Gasteiger charge is 2.19. The number of fused-ring (bicyclic) bond motifs is 1. The molecule has 0 saturated carbocycles. The largest absolute Gasteiger partial charge is 0.463 e. The number of ether oxygens (including phenoxy) is 1. The highest BCUT2D eigenvalue weighted by molar-refractivity contribution is 5.89. The molecular formula is C65H54N4O4. The molecule has 0 saturated heterocycles. The molecule has 8 heteroatoms. The number of anilines is 6. The molecule has 0 atom stereocenters. The first kappa shape index (κ1) is 47.7. The van der Waals surface area contributed by atoms with Gasteiger partial charge < -0.3 is 24.4 Å². The summed E-state index contributed by atoms with van der Waals surface area (Å²) in [5.74, 6) is -0.148. The first-order chi connectivity index (χ1) is 35.9. The second-order valence-electron chi connectivity index (χ2n) is 18.0. The monoisotopic (exact) mass is 954 g/mol. The molecule has 0 aliphatic carbocycles. The number of benzene rings is 9. The molecule has 0 radical (unpaired) electrons. The van der Waals surface area contributed by atoms with Crippen LogP contribution in [0.25, 0.3) is 55.8 Å². The van der Waals surface area contributed by atoms with E-state index in [1.54, 1.807) is 6.92 Å². The van der Waals surface area contributed by atoms with E-state index in [2.05, 4.69) is 180 Å². The van der Waals surface area contributed by atoms with E-state index in [9.17, 15) is 9.59 Å². The van der Waals surface area contributed by atoms with Gasteiger partial charge in [-0.15, -0.1) is 0 Å². The molecule has 358 valence electrons. The Morgan fingerprint density at radius 2 is 0.712 bits per heavy atom. The predicted molar refractivity (Wildman–Crippen MR) is 296 cm³/mol. The zero-order chi connectivity index (χ0) is 49.9. The van der Waals surface area contributed by atoms with Gasteiger partial charge in [-0.3, -0.25) is 4.79 Å². The van der Waals surface area contributed by atoms with Crippen molar-refractivity contribution in [2.45, 2.75) is 32.6 Å². The predicted octanol–water partition coefficient (Wildman–Crippen LogP) is 15.2. The van der Waals surface area contributed by atoms with E-state index < -0.39 is 0 Å². The second-order valence-corrected chi connectivity index (χ2v) is 18.0. The van der Waals surface area contributed by atoms with Crippen LogP contribution in [0.3, 0.4) is 0 Å². The summed E-state index contributed by atoms with van der Waals surface area (Å²) >= 11 is 0. The Morgan fingerprint density at radius 3 is 1.07 bits per heavy atom. The number of hydrogen-bond acceptors (Lipinski definition) is 8. The Balaban J connectivity index is 0.989. The number of Topliss-reactive ketones (excluding diaryl/α,β-unsaturated/α-hetero) is 1. The molecule has 10 aromatic rings. The number of aryl methyl sites for hydroxylation is 2. The van der Waals surface area contributed by atoms with Crippen LogP contribution < -0.4 is 9.80 Å². The summed E-state index contributed by atoms with van der Waals surface area (Å²) in [6, 6.07) is 79.7. The summed E-state index contributed by atoms with van der Waals surface area (Å²) in [5.41, 5.74) is 17.6. The first-order valence-electron chi connectivity index (χ1n) is 24.7. The van der Waals surface area contributed by atoms with Gasteiger partial charge in [-0.1, -0.05) is 146 Å². The normalized spacial score (nSPS) is 11.0. The van der Waals surface area contributed by atoms with E-state index in [-0.39, 0.29) is 31.4 Å². The van der Waals surface area contributed by atoms with Crippen LogP contribution in [-0.2, 0) is 27.2 Å². The lowest BCUT2D eigenvalue weighted by Crippen LogP contribution is -2.11. The maximum atomic E-state index is 12.2. The van der Waals surface area contributed by atoms with Crippen molar-refractivity contribution in [2.75, 3.05) is 23.0 Å². The quantitative estimate of drug-likeness (QED) is 0.0850. The first-order valence-corrected chi connectivity index (χ1v) is 24.7. The molecule has 0 spiro atoms. The number of esters is 1. The van der Waals surface area contributed by atoms with Crippen LogP contribution in [0, 0.1) is 0 Å². The summed E-state index contributed by atoms with van der Waals surface area (Å²) < 4.78 is 5.08. The van der Waals surface area contributed by atoms with Crippen molar-refractivity contribution in [3.63, 3.8) is 0 Å². The lowest BCUT2D eigenvalue weighted by atomic mass is 10.0. The van der Waals surface area contributed by atoms with Gasteiger partial charge in [0.25, 0.3) is 0 Å².